The molecule has 2 rings (SSSR count). The van der Waals surface area contributed by atoms with Gasteiger partial charge >= 0.3 is 0 Å². The Labute approximate surface area is 87.7 Å². The number of morpholine rings is 1. The molecule has 1 atom stereocenters. The highest BCUT2D eigenvalue weighted by molar-refractivity contribution is 5.92. The lowest BCUT2D eigenvalue weighted by molar-refractivity contribution is -0.0448. The van der Waals surface area contributed by atoms with Crippen LogP contribution < -0.4 is 0 Å². The summed E-state index contributed by atoms with van der Waals surface area (Å²) in [5.74, 6) is -0.0400. The van der Waals surface area contributed by atoms with Crippen molar-refractivity contribution < 1.29 is 14.6 Å². The van der Waals surface area contributed by atoms with Crippen LogP contribution in [0.25, 0.3) is 0 Å². The van der Waals surface area contributed by atoms with E-state index in [0.29, 0.717) is 25.4 Å². The second kappa shape index (κ2) is 4.46. The predicted molar refractivity (Wildman–Crippen MR) is 53.5 cm³/mol. The largest absolute Gasteiger partial charge is 0.394 e. The molecule has 0 radical (unpaired) electrons. The molecule has 1 fully saturated rings. The summed E-state index contributed by atoms with van der Waals surface area (Å²) in [4.78, 5) is 16.4. The molecular weight excluding hydrogens is 196 g/mol. The van der Waals surface area contributed by atoms with E-state index in [1.165, 1.54) is 0 Å². The Bertz CT molecular complexity index is 323. The third-order valence-corrected chi connectivity index (χ3v) is 2.46. The Hall–Kier alpha value is -1.33. The number of amides is 1. The number of hydrogen-bond donors (Lipinski definition) is 2. The number of hydrogen-bond acceptors (Lipinski definition) is 3. The molecule has 1 aliphatic rings. The standard InChI is InChI=1S/C10H14N2O3/c13-7-8-6-12(4-5-15-8)10(14)9-2-1-3-11-9/h1-3,8,11,13H,4-7H2. The molecule has 5 nitrogen and oxygen atoms in total. The summed E-state index contributed by atoms with van der Waals surface area (Å²) in [6, 6.07) is 3.53. The summed E-state index contributed by atoms with van der Waals surface area (Å²) in [7, 11) is 0. The van der Waals surface area contributed by atoms with Gasteiger partial charge in [0.15, 0.2) is 0 Å². The zero-order valence-electron chi connectivity index (χ0n) is 8.35. The molecule has 1 saturated heterocycles. The van der Waals surface area contributed by atoms with Gasteiger partial charge in [0.1, 0.15) is 5.69 Å². The number of carbonyl (C=O) groups is 1. The number of rotatable bonds is 2. The smallest absolute Gasteiger partial charge is 0.270 e. The fraction of sp³-hybridized carbons (Fsp3) is 0.500. The zero-order chi connectivity index (χ0) is 10.7. The Balaban J connectivity index is 2.01. The molecule has 0 saturated carbocycles. The summed E-state index contributed by atoms with van der Waals surface area (Å²) >= 11 is 0. The molecule has 15 heavy (non-hydrogen) atoms. The van der Waals surface area contributed by atoms with Crippen LogP contribution in [-0.4, -0.2) is 53.3 Å². The van der Waals surface area contributed by atoms with Crippen molar-refractivity contribution in [1.82, 2.24) is 9.88 Å². The topological polar surface area (TPSA) is 65.6 Å². The van der Waals surface area contributed by atoms with Crippen molar-refractivity contribution in [3.63, 3.8) is 0 Å². The minimum atomic E-state index is -0.252. The molecule has 0 spiro atoms. The van der Waals surface area contributed by atoms with Crippen LogP contribution >= 0.6 is 0 Å². The number of nitrogens with zero attached hydrogens (tertiary/aromatic N) is 1. The first kappa shape index (κ1) is 10.2. The van der Waals surface area contributed by atoms with Crippen LogP contribution in [0, 0.1) is 0 Å². The van der Waals surface area contributed by atoms with Gasteiger partial charge in [0.05, 0.1) is 19.3 Å². The van der Waals surface area contributed by atoms with Gasteiger partial charge in [-0.3, -0.25) is 4.79 Å². The average molecular weight is 210 g/mol. The summed E-state index contributed by atoms with van der Waals surface area (Å²) in [6.45, 7) is 1.47. The number of carbonyl (C=O) groups excluding carboxylic acids is 1. The molecule has 5 heteroatoms. The lowest BCUT2D eigenvalue weighted by Crippen LogP contribution is -2.47. The van der Waals surface area contributed by atoms with E-state index < -0.39 is 0 Å². The molecule has 2 heterocycles. The molecule has 1 aromatic heterocycles. The van der Waals surface area contributed by atoms with Crippen LogP contribution in [0.2, 0.25) is 0 Å². The van der Waals surface area contributed by atoms with Crippen LogP contribution in [-0.2, 0) is 4.74 Å². The van der Waals surface area contributed by atoms with Crippen molar-refractivity contribution in [2.45, 2.75) is 6.10 Å². The van der Waals surface area contributed by atoms with Gasteiger partial charge in [0.2, 0.25) is 0 Å². The van der Waals surface area contributed by atoms with Crippen molar-refractivity contribution in [1.29, 1.82) is 0 Å². The number of nitrogens with one attached hydrogen (secondary N) is 1. The number of aromatic amines is 1. The highest BCUT2D eigenvalue weighted by Crippen LogP contribution is 2.08. The maximum absolute atomic E-state index is 11.9. The minimum absolute atomic E-state index is 0.0400. The number of ether oxygens (including phenoxy) is 1. The van der Waals surface area contributed by atoms with E-state index in [1.807, 2.05) is 0 Å². The average Bonchev–Trinajstić information content (AvgIpc) is 2.81. The Kier molecular flexibility index (Phi) is 3.03. The van der Waals surface area contributed by atoms with Gasteiger partial charge in [0.25, 0.3) is 5.91 Å². The SMILES string of the molecule is O=C(c1ccc[nH]1)N1CCOC(CO)C1. The minimum Gasteiger partial charge on any atom is -0.394 e. The van der Waals surface area contributed by atoms with Gasteiger partial charge in [0, 0.05) is 19.3 Å². The maximum atomic E-state index is 11.9. The van der Waals surface area contributed by atoms with E-state index in [2.05, 4.69) is 4.98 Å². The normalized spacial score (nSPS) is 21.7. The third-order valence-electron chi connectivity index (χ3n) is 2.46. The molecular formula is C10H14N2O3. The Morgan fingerprint density at radius 2 is 2.60 bits per heavy atom. The Morgan fingerprint density at radius 3 is 3.27 bits per heavy atom. The molecule has 82 valence electrons. The highest BCUT2D eigenvalue weighted by atomic mass is 16.5. The first-order valence-electron chi connectivity index (χ1n) is 4.96. The number of aromatic nitrogens is 1. The Morgan fingerprint density at radius 1 is 1.73 bits per heavy atom. The van der Waals surface area contributed by atoms with Crippen LogP contribution in [0.15, 0.2) is 18.3 Å². The third kappa shape index (κ3) is 2.19. The first-order chi connectivity index (χ1) is 7.31. The molecule has 2 N–H and O–H groups in total. The first-order valence-corrected chi connectivity index (χ1v) is 4.96. The van der Waals surface area contributed by atoms with Crippen LogP contribution in [0.5, 0.6) is 0 Å². The second-order valence-electron chi connectivity index (χ2n) is 3.51. The highest BCUT2D eigenvalue weighted by Gasteiger charge is 2.24. The molecule has 0 aliphatic carbocycles. The number of aliphatic hydroxyl groups is 1. The molecule has 1 aliphatic heterocycles. The molecule has 1 amide bonds. The molecule has 1 aromatic rings. The van der Waals surface area contributed by atoms with E-state index in [0.717, 1.165) is 0 Å². The van der Waals surface area contributed by atoms with Crippen LogP contribution in [0.3, 0.4) is 0 Å². The fourth-order valence-corrected chi connectivity index (χ4v) is 1.65. The molecule has 1 unspecified atom stereocenters. The van der Waals surface area contributed by atoms with Crippen molar-refractivity contribution in [2.75, 3.05) is 26.3 Å². The molecule has 0 aromatic carbocycles. The van der Waals surface area contributed by atoms with E-state index in [1.54, 1.807) is 23.2 Å². The van der Waals surface area contributed by atoms with Gasteiger partial charge in [-0.1, -0.05) is 0 Å². The predicted octanol–water partition coefficient (Wildman–Crippen LogP) is -0.152. The number of H-pyrrole nitrogens is 1. The van der Waals surface area contributed by atoms with Crippen LogP contribution in [0.1, 0.15) is 10.5 Å². The summed E-state index contributed by atoms with van der Waals surface area (Å²) < 4.78 is 5.27. The maximum Gasteiger partial charge on any atom is 0.270 e. The quantitative estimate of drug-likeness (QED) is 0.713. The lowest BCUT2D eigenvalue weighted by Gasteiger charge is -2.31. The fourth-order valence-electron chi connectivity index (χ4n) is 1.65. The van der Waals surface area contributed by atoms with Gasteiger partial charge < -0.3 is 19.7 Å². The zero-order valence-corrected chi connectivity index (χ0v) is 8.35. The second-order valence-corrected chi connectivity index (χ2v) is 3.51. The lowest BCUT2D eigenvalue weighted by atomic mass is 10.2. The number of aliphatic hydroxyl groups excluding tert-OH is 1. The van der Waals surface area contributed by atoms with Crippen molar-refractivity contribution in [3.05, 3.63) is 24.0 Å². The van der Waals surface area contributed by atoms with Crippen molar-refractivity contribution in [2.24, 2.45) is 0 Å². The summed E-state index contributed by atoms with van der Waals surface area (Å²) in [5, 5.41) is 8.95. The van der Waals surface area contributed by atoms with Gasteiger partial charge in [-0.15, -0.1) is 0 Å². The summed E-state index contributed by atoms with van der Waals surface area (Å²) in [5.41, 5.74) is 0.577. The molecule has 0 bridgehead atoms. The van der Waals surface area contributed by atoms with E-state index >= 15 is 0 Å². The van der Waals surface area contributed by atoms with E-state index in [-0.39, 0.29) is 18.6 Å². The van der Waals surface area contributed by atoms with Gasteiger partial charge in [-0.2, -0.15) is 0 Å². The van der Waals surface area contributed by atoms with Crippen molar-refractivity contribution in [3.8, 4) is 0 Å². The van der Waals surface area contributed by atoms with Crippen molar-refractivity contribution >= 4 is 5.91 Å². The monoisotopic (exact) mass is 210 g/mol. The van der Waals surface area contributed by atoms with Crippen LogP contribution in [0.4, 0.5) is 0 Å². The van der Waals surface area contributed by atoms with Gasteiger partial charge in [-0.25, -0.2) is 0 Å². The van der Waals surface area contributed by atoms with Gasteiger partial charge in [-0.05, 0) is 12.1 Å². The summed E-state index contributed by atoms with van der Waals surface area (Å²) in [6.07, 6.45) is 1.47. The van der Waals surface area contributed by atoms with E-state index in [9.17, 15) is 4.79 Å². The van der Waals surface area contributed by atoms with E-state index in [4.69, 9.17) is 9.84 Å².